The summed E-state index contributed by atoms with van der Waals surface area (Å²) in [6.45, 7) is 5.13. The monoisotopic (exact) mass is 410 g/mol. The summed E-state index contributed by atoms with van der Waals surface area (Å²) in [4.78, 5) is 21.0. The van der Waals surface area contributed by atoms with Crippen molar-refractivity contribution in [3.8, 4) is 0 Å². The first-order valence-corrected chi connectivity index (χ1v) is 7.89. The number of halogens is 3. The molecule has 124 valence electrons. The topological polar surface area (TPSA) is 48.5 Å². The highest BCUT2D eigenvalue weighted by Crippen LogP contribution is 2.18. The lowest BCUT2D eigenvalue weighted by Gasteiger charge is -2.36. The van der Waals surface area contributed by atoms with E-state index < -0.39 is 0 Å². The van der Waals surface area contributed by atoms with E-state index in [-0.39, 0.29) is 30.7 Å². The first-order chi connectivity index (χ1) is 9.74. The van der Waals surface area contributed by atoms with Gasteiger partial charge < -0.3 is 15.1 Å². The van der Waals surface area contributed by atoms with E-state index in [0.29, 0.717) is 5.91 Å². The number of hydrogen-bond donors (Lipinski definition) is 1. The van der Waals surface area contributed by atoms with Crippen molar-refractivity contribution < 1.29 is 4.79 Å². The maximum atomic E-state index is 12.3. The first-order valence-electron chi connectivity index (χ1n) is 7.10. The van der Waals surface area contributed by atoms with Crippen molar-refractivity contribution in [2.75, 3.05) is 44.2 Å². The van der Waals surface area contributed by atoms with Crippen LogP contribution in [0.3, 0.4) is 0 Å². The Kier molecular flexibility index (Phi) is 7.89. The van der Waals surface area contributed by atoms with Crippen molar-refractivity contribution >= 4 is 52.5 Å². The van der Waals surface area contributed by atoms with Crippen LogP contribution in [0.25, 0.3) is 0 Å². The van der Waals surface area contributed by atoms with Crippen molar-refractivity contribution in [1.29, 1.82) is 0 Å². The molecule has 1 aromatic heterocycles. The Morgan fingerprint density at radius 1 is 1.23 bits per heavy atom. The van der Waals surface area contributed by atoms with Crippen molar-refractivity contribution in [1.82, 2.24) is 15.2 Å². The zero-order valence-electron chi connectivity index (χ0n) is 12.2. The van der Waals surface area contributed by atoms with Crippen LogP contribution in [0.15, 0.2) is 22.8 Å². The number of carbonyl (C=O) groups excluding carboxylic acids is 1. The van der Waals surface area contributed by atoms with Crippen LogP contribution in [0.5, 0.6) is 0 Å². The van der Waals surface area contributed by atoms with Gasteiger partial charge in [0.15, 0.2) is 0 Å². The Morgan fingerprint density at radius 2 is 1.95 bits per heavy atom. The zero-order chi connectivity index (χ0) is 13.9. The second-order valence-electron chi connectivity index (χ2n) is 5.34. The molecule has 0 saturated carbocycles. The second kappa shape index (κ2) is 8.91. The van der Waals surface area contributed by atoms with Gasteiger partial charge in [0.05, 0.1) is 5.92 Å². The lowest BCUT2D eigenvalue weighted by atomic mass is 10.1. The van der Waals surface area contributed by atoms with Crippen LogP contribution in [-0.2, 0) is 4.79 Å². The maximum absolute atomic E-state index is 12.3. The Balaban J connectivity index is 0.00000121. The SMILES string of the molecule is Cl.Cl.O=C(C1CCNC1)N1CCN(c2ccc(Br)cn2)CC1. The standard InChI is InChI=1S/C14H19BrN4O.2ClH/c15-12-1-2-13(17-10-12)18-5-7-19(8-6-18)14(20)11-3-4-16-9-11;;/h1-2,10-11,16H,3-9H2;2*1H. The van der Waals surface area contributed by atoms with Crippen LogP contribution in [0.1, 0.15) is 6.42 Å². The molecule has 2 aliphatic heterocycles. The van der Waals surface area contributed by atoms with Gasteiger partial charge in [0, 0.05) is 43.4 Å². The van der Waals surface area contributed by atoms with Crippen LogP contribution in [0.2, 0.25) is 0 Å². The molecular formula is C14H21BrCl2N4O. The minimum absolute atomic E-state index is 0. The van der Waals surface area contributed by atoms with Gasteiger partial charge in [-0.3, -0.25) is 4.79 Å². The van der Waals surface area contributed by atoms with Crippen molar-refractivity contribution in [3.63, 3.8) is 0 Å². The summed E-state index contributed by atoms with van der Waals surface area (Å²) in [5.74, 6) is 1.49. The molecule has 8 heteroatoms. The van der Waals surface area contributed by atoms with Gasteiger partial charge in [-0.1, -0.05) is 0 Å². The van der Waals surface area contributed by atoms with Gasteiger partial charge in [0.25, 0.3) is 0 Å². The molecule has 2 saturated heterocycles. The molecule has 1 unspecified atom stereocenters. The number of hydrogen-bond acceptors (Lipinski definition) is 4. The largest absolute Gasteiger partial charge is 0.353 e. The molecule has 1 aromatic rings. The number of amides is 1. The lowest BCUT2D eigenvalue weighted by Crippen LogP contribution is -2.50. The fourth-order valence-electron chi connectivity index (χ4n) is 2.83. The molecule has 22 heavy (non-hydrogen) atoms. The van der Waals surface area contributed by atoms with E-state index in [1.54, 1.807) is 0 Å². The molecule has 2 fully saturated rings. The second-order valence-corrected chi connectivity index (χ2v) is 6.25. The molecule has 0 radical (unpaired) electrons. The Bertz CT molecular complexity index is 474. The molecule has 0 spiro atoms. The molecule has 0 aromatic carbocycles. The minimum atomic E-state index is 0. The van der Waals surface area contributed by atoms with Gasteiger partial charge in [-0.25, -0.2) is 4.98 Å². The van der Waals surface area contributed by atoms with Crippen molar-refractivity contribution in [2.45, 2.75) is 6.42 Å². The van der Waals surface area contributed by atoms with E-state index in [4.69, 9.17) is 0 Å². The third kappa shape index (κ3) is 4.47. The number of piperazine rings is 1. The van der Waals surface area contributed by atoms with E-state index in [2.05, 4.69) is 31.1 Å². The number of nitrogens with one attached hydrogen (secondary N) is 1. The maximum Gasteiger partial charge on any atom is 0.227 e. The molecule has 3 heterocycles. The highest BCUT2D eigenvalue weighted by Gasteiger charge is 2.29. The Labute approximate surface area is 151 Å². The van der Waals surface area contributed by atoms with Gasteiger partial charge in [-0.2, -0.15) is 0 Å². The van der Waals surface area contributed by atoms with Gasteiger partial charge in [0.2, 0.25) is 5.91 Å². The molecule has 1 atom stereocenters. The number of pyridine rings is 1. The van der Waals surface area contributed by atoms with Crippen LogP contribution < -0.4 is 10.2 Å². The van der Waals surface area contributed by atoms with Gasteiger partial charge in [-0.05, 0) is 41.0 Å². The summed E-state index contributed by atoms with van der Waals surface area (Å²) in [6.07, 6.45) is 2.80. The van der Waals surface area contributed by atoms with E-state index >= 15 is 0 Å². The predicted molar refractivity (Wildman–Crippen MR) is 96.2 cm³/mol. The lowest BCUT2D eigenvalue weighted by molar-refractivity contribution is -0.135. The summed E-state index contributed by atoms with van der Waals surface area (Å²) in [7, 11) is 0. The van der Waals surface area contributed by atoms with Crippen molar-refractivity contribution in [2.24, 2.45) is 5.92 Å². The molecule has 5 nitrogen and oxygen atoms in total. The highest BCUT2D eigenvalue weighted by molar-refractivity contribution is 9.10. The molecule has 2 aliphatic rings. The van der Waals surface area contributed by atoms with Gasteiger partial charge >= 0.3 is 0 Å². The van der Waals surface area contributed by atoms with Crippen LogP contribution in [0, 0.1) is 5.92 Å². The minimum Gasteiger partial charge on any atom is -0.353 e. The summed E-state index contributed by atoms with van der Waals surface area (Å²) in [5.41, 5.74) is 0. The Morgan fingerprint density at radius 3 is 2.50 bits per heavy atom. The zero-order valence-corrected chi connectivity index (χ0v) is 15.4. The number of anilines is 1. The summed E-state index contributed by atoms with van der Waals surface area (Å²) >= 11 is 3.40. The van der Waals surface area contributed by atoms with Crippen LogP contribution >= 0.6 is 40.7 Å². The molecule has 0 bridgehead atoms. The highest BCUT2D eigenvalue weighted by atomic mass is 79.9. The normalized spacial score (nSPS) is 21.0. The van der Waals surface area contributed by atoms with Crippen LogP contribution in [-0.4, -0.2) is 55.1 Å². The number of rotatable bonds is 2. The molecule has 3 rings (SSSR count). The molecule has 1 amide bonds. The smallest absolute Gasteiger partial charge is 0.227 e. The quantitative estimate of drug-likeness (QED) is 0.807. The van der Waals surface area contributed by atoms with Crippen molar-refractivity contribution in [3.05, 3.63) is 22.8 Å². The summed E-state index contributed by atoms with van der Waals surface area (Å²) in [6, 6.07) is 4.02. The van der Waals surface area contributed by atoms with E-state index in [9.17, 15) is 4.79 Å². The van der Waals surface area contributed by atoms with Gasteiger partial charge in [0.1, 0.15) is 5.82 Å². The molecule has 1 N–H and O–H groups in total. The van der Waals surface area contributed by atoms with Gasteiger partial charge in [-0.15, -0.1) is 24.8 Å². The van der Waals surface area contributed by atoms with E-state index in [0.717, 1.165) is 56.0 Å². The third-order valence-electron chi connectivity index (χ3n) is 4.04. The van der Waals surface area contributed by atoms with E-state index in [1.165, 1.54) is 0 Å². The fourth-order valence-corrected chi connectivity index (χ4v) is 3.07. The average molecular weight is 412 g/mol. The fraction of sp³-hybridized carbons (Fsp3) is 0.571. The predicted octanol–water partition coefficient (Wildman–Crippen LogP) is 1.95. The summed E-state index contributed by atoms with van der Waals surface area (Å²) in [5, 5.41) is 3.26. The Hall–Kier alpha value is -0.560. The first kappa shape index (κ1) is 19.5. The number of nitrogens with zero attached hydrogens (tertiary/aromatic N) is 3. The van der Waals surface area contributed by atoms with E-state index in [1.807, 2.05) is 23.2 Å². The number of carbonyl (C=O) groups is 1. The average Bonchev–Trinajstić information content (AvgIpc) is 3.02. The third-order valence-corrected chi connectivity index (χ3v) is 4.51. The molecular weight excluding hydrogens is 391 g/mol. The van der Waals surface area contributed by atoms with Crippen LogP contribution in [0.4, 0.5) is 5.82 Å². The molecule has 0 aliphatic carbocycles. The summed E-state index contributed by atoms with van der Waals surface area (Å²) < 4.78 is 0.990. The number of aromatic nitrogens is 1.